The lowest BCUT2D eigenvalue weighted by molar-refractivity contribution is -0.133. The van der Waals surface area contributed by atoms with E-state index in [4.69, 9.17) is 11.5 Å². The second-order valence-corrected chi connectivity index (χ2v) is 10.5. The second-order valence-electron chi connectivity index (χ2n) is 10.5. The fraction of sp³-hybridized carbons (Fsp3) is 0.552. The zero-order valence-corrected chi connectivity index (χ0v) is 21.8. The molecule has 2 atom stereocenters. The van der Waals surface area contributed by atoms with Crippen LogP contribution in [0.25, 0.3) is 10.8 Å². The standard InChI is InChI=1S/C29H42N6O2/c30-29(31)32-16-6-11-26-28(37)35(17-14-21-7-2-1-3-8-21)18-15-25(34-26)20-33-27(36)24-13-12-22-9-4-5-10-23(22)19-24/h4-5,9-10,12-13,19,21,25-26,34H,1-3,6-8,11,14-18,20H2,(H,33,36)(H4,30,31,32)/t25-,26-/m1/s1. The van der Waals surface area contributed by atoms with Gasteiger partial charge in [-0.2, -0.15) is 0 Å². The Hall–Kier alpha value is -3.13. The molecule has 1 aliphatic heterocycles. The third-order valence-electron chi connectivity index (χ3n) is 7.79. The molecule has 2 amide bonds. The minimum absolute atomic E-state index is 0.0149. The summed E-state index contributed by atoms with van der Waals surface area (Å²) in [5.41, 5.74) is 11.6. The second kappa shape index (κ2) is 13.4. The fourth-order valence-electron chi connectivity index (χ4n) is 5.64. The van der Waals surface area contributed by atoms with Crippen LogP contribution in [0.4, 0.5) is 0 Å². The summed E-state index contributed by atoms with van der Waals surface area (Å²) in [6, 6.07) is 13.5. The van der Waals surface area contributed by atoms with Crippen LogP contribution in [0, 0.1) is 5.92 Å². The summed E-state index contributed by atoms with van der Waals surface area (Å²) in [5, 5.41) is 8.79. The number of amides is 2. The molecule has 2 aliphatic rings. The minimum Gasteiger partial charge on any atom is -0.370 e. The van der Waals surface area contributed by atoms with E-state index >= 15 is 0 Å². The number of nitrogens with one attached hydrogen (secondary N) is 2. The van der Waals surface area contributed by atoms with E-state index in [0.29, 0.717) is 38.0 Å². The Kier molecular flexibility index (Phi) is 9.77. The zero-order chi connectivity index (χ0) is 26.0. The van der Waals surface area contributed by atoms with Crippen molar-refractivity contribution in [1.82, 2.24) is 15.5 Å². The van der Waals surface area contributed by atoms with Crippen LogP contribution in [-0.2, 0) is 4.79 Å². The Balaban J connectivity index is 1.36. The monoisotopic (exact) mass is 506 g/mol. The average Bonchev–Trinajstić information content (AvgIpc) is 3.07. The quantitative estimate of drug-likeness (QED) is 0.224. The molecule has 0 bridgehead atoms. The average molecular weight is 507 g/mol. The lowest BCUT2D eigenvalue weighted by atomic mass is 9.87. The molecule has 0 spiro atoms. The first kappa shape index (κ1) is 26.9. The smallest absolute Gasteiger partial charge is 0.251 e. The molecule has 2 fully saturated rings. The van der Waals surface area contributed by atoms with Crippen LogP contribution < -0.4 is 22.1 Å². The van der Waals surface area contributed by atoms with Gasteiger partial charge in [0.15, 0.2) is 5.96 Å². The van der Waals surface area contributed by atoms with Crippen molar-refractivity contribution in [2.75, 3.05) is 26.2 Å². The summed E-state index contributed by atoms with van der Waals surface area (Å²) < 4.78 is 0. The highest BCUT2D eigenvalue weighted by Gasteiger charge is 2.31. The van der Waals surface area contributed by atoms with Crippen LogP contribution in [0.3, 0.4) is 0 Å². The topological polar surface area (TPSA) is 126 Å². The number of guanidine groups is 1. The lowest BCUT2D eigenvalue weighted by Gasteiger charge is -2.28. The first-order valence-corrected chi connectivity index (χ1v) is 13.9. The van der Waals surface area contributed by atoms with Gasteiger partial charge in [0.05, 0.1) is 6.04 Å². The van der Waals surface area contributed by atoms with Gasteiger partial charge in [0.1, 0.15) is 0 Å². The van der Waals surface area contributed by atoms with Crippen molar-refractivity contribution in [1.29, 1.82) is 0 Å². The van der Waals surface area contributed by atoms with Crippen molar-refractivity contribution >= 4 is 28.5 Å². The minimum atomic E-state index is -0.300. The first-order chi connectivity index (χ1) is 18.0. The van der Waals surface area contributed by atoms with Crippen LogP contribution in [0.1, 0.15) is 68.1 Å². The van der Waals surface area contributed by atoms with Crippen LogP contribution in [0.2, 0.25) is 0 Å². The van der Waals surface area contributed by atoms with E-state index in [-0.39, 0.29) is 29.9 Å². The molecule has 1 heterocycles. The number of fused-ring (bicyclic) bond motifs is 1. The number of carbonyl (C=O) groups excluding carboxylic acids is 2. The zero-order valence-electron chi connectivity index (χ0n) is 21.8. The summed E-state index contributed by atoms with van der Waals surface area (Å²) in [6.45, 7) is 2.49. The molecule has 4 rings (SSSR count). The van der Waals surface area contributed by atoms with E-state index in [0.717, 1.165) is 36.1 Å². The van der Waals surface area contributed by atoms with Gasteiger partial charge in [-0.05, 0) is 54.5 Å². The highest BCUT2D eigenvalue weighted by Crippen LogP contribution is 2.27. The SMILES string of the molecule is NC(N)=NCCC[C@H]1N[C@@H](CNC(=O)c2ccc3ccccc3c2)CCN(CCC2CCCCC2)C1=O. The molecule has 200 valence electrons. The molecule has 1 saturated heterocycles. The lowest BCUT2D eigenvalue weighted by Crippen LogP contribution is -2.49. The van der Waals surface area contributed by atoms with E-state index in [9.17, 15) is 9.59 Å². The summed E-state index contributed by atoms with van der Waals surface area (Å²) in [7, 11) is 0. The Morgan fingerprint density at radius 3 is 2.59 bits per heavy atom. The molecule has 8 heteroatoms. The maximum atomic E-state index is 13.5. The predicted octanol–water partition coefficient (Wildman–Crippen LogP) is 3.15. The number of hydrogen-bond acceptors (Lipinski definition) is 4. The third kappa shape index (κ3) is 7.92. The summed E-state index contributed by atoms with van der Waals surface area (Å²) >= 11 is 0. The van der Waals surface area contributed by atoms with Gasteiger partial charge in [0.2, 0.25) is 5.91 Å². The molecule has 0 radical (unpaired) electrons. The molecular formula is C29H42N6O2. The summed E-state index contributed by atoms with van der Waals surface area (Å²) in [5.74, 6) is 0.865. The van der Waals surface area contributed by atoms with Crippen LogP contribution in [0.5, 0.6) is 0 Å². The predicted molar refractivity (Wildman–Crippen MR) is 149 cm³/mol. The van der Waals surface area contributed by atoms with Crippen molar-refractivity contribution < 1.29 is 9.59 Å². The molecule has 2 aromatic rings. The molecule has 37 heavy (non-hydrogen) atoms. The fourth-order valence-corrected chi connectivity index (χ4v) is 5.64. The van der Waals surface area contributed by atoms with Crippen LogP contribution in [0.15, 0.2) is 47.5 Å². The number of nitrogens with zero attached hydrogens (tertiary/aromatic N) is 2. The van der Waals surface area contributed by atoms with E-state index in [1.54, 1.807) is 0 Å². The molecule has 2 aromatic carbocycles. The largest absolute Gasteiger partial charge is 0.370 e. The van der Waals surface area contributed by atoms with E-state index < -0.39 is 0 Å². The molecular weight excluding hydrogens is 464 g/mol. The van der Waals surface area contributed by atoms with Gasteiger partial charge in [-0.3, -0.25) is 14.6 Å². The third-order valence-corrected chi connectivity index (χ3v) is 7.79. The normalized spacial score (nSPS) is 21.0. The van der Waals surface area contributed by atoms with Crippen LogP contribution >= 0.6 is 0 Å². The van der Waals surface area contributed by atoms with Crippen molar-refractivity contribution in [2.24, 2.45) is 22.4 Å². The molecule has 0 unspecified atom stereocenters. The molecule has 8 nitrogen and oxygen atoms in total. The van der Waals surface area contributed by atoms with Crippen molar-refractivity contribution in [3.8, 4) is 0 Å². The van der Waals surface area contributed by atoms with Gasteiger partial charge in [0.25, 0.3) is 5.91 Å². The Morgan fingerprint density at radius 1 is 1.03 bits per heavy atom. The van der Waals surface area contributed by atoms with Crippen LogP contribution in [-0.4, -0.2) is 60.9 Å². The number of nitrogens with two attached hydrogens (primary N) is 2. The molecule has 6 N–H and O–H groups in total. The molecule has 1 aliphatic carbocycles. The number of benzene rings is 2. The van der Waals surface area contributed by atoms with Gasteiger partial charge in [0, 0.05) is 37.8 Å². The van der Waals surface area contributed by atoms with E-state index in [1.807, 2.05) is 47.4 Å². The summed E-state index contributed by atoms with van der Waals surface area (Å²) in [6.07, 6.45) is 9.79. The van der Waals surface area contributed by atoms with Crippen molar-refractivity contribution in [3.63, 3.8) is 0 Å². The number of rotatable bonds is 10. The number of hydrogen-bond donors (Lipinski definition) is 4. The maximum Gasteiger partial charge on any atom is 0.251 e. The van der Waals surface area contributed by atoms with Gasteiger partial charge >= 0.3 is 0 Å². The Morgan fingerprint density at radius 2 is 1.81 bits per heavy atom. The number of carbonyl (C=O) groups is 2. The van der Waals surface area contributed by atoms with Gasteiger partial charge in [-0.1, -0.05) is 62.4 Å². The highest BCUT2D eigenvalue weighted by molar-refractivity contribution is 5.98. The Labute approximate surface area is 220 Å². The van der Waals surface area contributed by atoms with Gasteiger partial charge in [-0.15, -0.1) is 0 Å². The van der Waals surface area contributed by atoms with Gasteiger partial charge in [-0.25, -0.2) is 0 Å². The van der Waals surface area contributed by atoms with E-state index in [1.165, 1.54) is 32.1 Å². The highest BCUT2D eigenvalue weighted by atomic mass is 16.2. The summed E-state index contributed by atoms with van der Waals surface area (Å²) in [4.78, 5) is 32.5. The molecule has 0 aromatic heterocycles. The Bertz CT molecular complexity index is 1080. The van der Waals surface area contributed by atoms with Crippen molar-refractivity contribution in [3.05, 3.63) is 48.0 Å². The molecule has 1 saturated carbocycles. The van der Waals surface area contributed by atoms with E-state index in [2.05, 4.69) is 15.6 Å². The van der Waals surface area contributed by atoms with Gasteiger partial charge < -0.3 is 27.0 Å². The number of aliphatic imine (C=N–C) groups is 1. The van der Waals surface area contributed by atoms with Crippen molar-refractivity contribution in [2.45, 2.75) is 69.9 Å². The maximum absolute atomic E-state index is 13.5. The first-order valence-electron chi connectivity index (χ1n) is 13.9.